The molecule has 0 unspecified atom stereocenters. The van der Waals surface area contributed by atoms with Crippen LogP contribution < -0.4 is 5.73 Å². The van der Waals surface area contributed by atoms with Crippen LogP contribution in [0, 0.1) is 0 Å². The van der Waals surface area contributed by atoms with Crippen LogP contribution in [0.4, 0.5) is 0 Å². The highest BCUT2D eigenvalue weighted by atomic mass is 16.4. The average molecular weight is 280 g/mol. The minimum atomic E-state index is -0.181. The van der Waals surface area contributed by atoms with Crippen LogP contribution in [0.5, 0.6) is 0 Å². The Hall–Kier alpha value is -2.15. The van der Waals surface area contributed by atoms with Gasteiger partial charge < -0.3 is 20.9 Å². The molecule has 0 saturated heterocycles. The van der Waals surface area contributed by atoms with Crippen LogP contribution in [-0.4, -0.2) is 52.1 Å². The van der Waals surface area contributed by atoms with Crippen molar-refractivity contribution in [2.45, 2.75) is 19.3 Å². The standard InChI is InChI=1S/C13H20N4O3/c1-17(7-3-2-4-8-18)13(19)11-6-5-10(9-15-11)12(14)16-20/h5-6,9,18,20H,2-4,7-8H2,1H3,(H2,14,16). The molecular formula is C13H20N4O3. The number of aliphatic hydroxyl groups excluding tert-OH is 1. The van der Waals surface area contributed by atoms with E-state index in [0.717, 1.165) is 19.3 Å². The predicted octanol–water partition coefficient (Wildman–Crippen LogP) is 0.411. The van der Waals surface area contributed by atoms with Gasteiger partial charge in [-0.25, -0.2) is 0 Å². The van der Waals surface area contributed by atoms with E-state index in [-0.39, 0.29) is 18.3 Å². The number of oxime groups is 1. The molecule has 1 aromatic heterocycles. The summed E-state index contributed by atoms with van der Waals surface area (Å²) in [6, 6.07) is 3.12. The lowest BCUT2D eigenvalue weighted by atomic mass is 10.2. The van der Waals surface area contributed by atoms with Crippen LogP contribution in [0.15, 0.2) is 23.5 Å². The number of pyridine rings is 1. The number of carbonyl (C=O) groups is 1. The molecule has 1 heterocycles. The summed E-state index contributed by atoms with van der Waals surface area (Å²) in [6.07, 6.45) is 3.85. The van der Waals surface area contributed by atoms with Gasteiger partial charge in [0.15, 0.2) is 5.84 Å². The number of hydrogen-bond donors (Lipinski definition) is 3. The topological polar surface area (TPSA) is 112 Å². The maximum atomic E-state index is 12.1. The Morgan fingerprint density at radius 3 is 2.70 bits per heavy atom. The van der Waals surface area contributed by atoms with E-state index in [9.17, 15) is 4.79 Å². The van der Waals surface area contributed by atoms with E-state index in [1.807, 2.05) is 0 Å². The van der Waals surface area contributed by atoms with E-state index in [1.54, 1.807) is 24.1 Å². The molecule has 7 nitrogen and oxygen atoms in total. The normalized spacial score (nSPS) is 11.4. The molecule has 0 spiro atoms. The van der Waals surface area contributed by atoms with Gasteiger partial charge in [0.2, 0.25) is 0 Å². The molecule has 20 heavy (non-hydrogen) atoms. The molecule has 0 radical (unpaired) electrons. The summed E-state index contributed by atoms with van der Waals surface area (Å²) < 4.78 is 0. The molecule has 0 fully saturated rings. The molecule has 0 bridgehead atoms. The number of amides is 1. The maximum absolute atomic E-state index is 12.1. The van der Waals surface area contributed by atoms with Crippen molar-refractivity contribution in [1.82, 2.24) is 9.88 Å². The first-order chi connectivity index (χ1) is 9.60. The first-order valence-electron chi connectivity index (χ1n) is 6.40. The van der Waals surface area contributed by atoms with Gasteiger partial charge in [0, 0.05) is 32.0 Å². The fraction of sp³-hybridized carbons (Fsp3) is 0.462. The van der Waals surface area contributed by atoms with Crippen LogP contribution in [0.3, 0.4) is 0 Å². The van der Waals surface area contributed by atoms with Gasteiger partial charge in [-0.15, -0.1) is 0 Å². The molecule has 0 aromatic carbocycles. The van der Waals surface area contributed by atoms with Crippen LogP contribution >= 0.6 is 0 Å². The van der Waals surface area contributed by atoms with Crippen molar-refractivity contribution in [1.29, 1.82) is 0 Å². The Morgan fingerprint density at radius 2 is 2.15 bits per heavy atom. The number of amidine groups is 1. The van der Waals surface area contributed by atoms with E-state index in [1.165, 1.54) is 6.20 Å². The van der Waals surface area contributed by atoms with E-state index in [0.29, 0.717) is 17.8 Å². The highest BCUT2D eigenvalue weighted by Crippen LogP contribution is 2.05. The second-order valence-corrected chi connectivity index (χ2v) is 4.43. The highest BCUT2D eigenvalue weighted by Gasteiger charge is 2.13. The van der Waals surface area contributed by atoms with Gasteiger partial charge in [0.25, 0.3) is 5.91 Å². The lowest BCUT2D eigenvalue weighted by Crippen LogP contribution is -2.28. The van der Waals surface area contributed by atoms with E-state index >= 15 is 0 Å². The molecular weight excluding hydrogens is 260 g/mol. The zero-order valence-corrected chi connectivity index (χ0v) is 11.5. The fourth-order valence-corrected chi connectivity index (χ4v) is 1.66. The van der Waals surface area contributed by atoms with Crippen molar-refractivity contribution in [2.75, 3.05) is 20.2 Å². The van der Waals surface area contributed by atoms with Crippen molar-refractivity contribution in [3.8, 4) is 0 Å². The summed E-state index contributed by atoms with van der Waals surface area (Å²) in [5.74, 6) is -0.228. The fourth-order valence-electron chi connectivity index (χ4n) is 1.66. The van der Waals surface area contributed by atoms with Crippen LogP contribution in [0.2, 0.25) is 0 Å². The van der Waals surface area contributed by atoms with Gasteiger partial charge in [0.05, 0.1) is 0 Å². The zero-order valence-electron chi connectivity index (χ0n) is 11.5. The quantitative estimate of drug-likeness (QED) is 0.220. The third kappa shape index (κ3) is 4.51. The number of aliphatic hydroxyl groups is 1. The number of rotatable bonds is 7. The van der Waals surface area contributed by atoms with Gasteiger partial charge in [-0.05, 0) is 31.4 Å². The Balaban J connectivity index is 2.58. The Bertz CT molecular complexity index is 459. The third-order valence-corrected chi connectivity index (χ3v) is 2.88. The summed E-state index contributed by atoms with van der Waals surface area (Å²) in [5.41, 5.74) is 6.18. The minimum Gasteiger partial charge on any atom is -0.409 e. The summed E-state index contributed by atoms with van der Waals surface area (Å²) in [5, 5.41) is 20.1. The molecule has 4 N–H and O–H groups in total. The van der Waals surface area contributed by atoms with Gasteiger partial charge in [-0.3, -0.25) is 9.78 Å². The smallest absolute Gasteiger partial charge is 0.272 e. The number of hydrogen-bond acceptors (Lipinski definition) is 5. The SMILES string of the molecule is CN(CCCCCO)C(=O)c1ccc(/C(N)=N/O)cn1. The van der Waals surface area contributed by atoms with Gasteiger partial charge in [0.1, 0.15) is 5.69 Å². The average Bonchev–Trinajstić information content (AvgIpc) is 2.50. The Labute approximate surface area is 117 Å². The van der Waals surface area contributed by atoms with Crippen molar-refractivity contribution < 1.29 is 15.1 Å². The summed E-state index contributed by atoms with van der Waals surface area (Å²) in [7, 11) is 1.71. The number of unbranched alkanes of at least 4 members (excludes halogenated alkanes) is 2. The van der Waals surface area contributed by atoms with Crippen molar-refractivity contribution >= 4 is 11.7 Å². The molecule has 1 rings (SSSR count). The zero-order chi connectivity index (χ0) is 15.0. The minimum absolute atomic E-state index is 0.0474. The molecule has 0 aliphatic carbocycles. The lowest BCUT2D eigenvalue weighted by molar-refractivity contribution is 0.0786. The molecule has 0 saturated carbocycles. The Kier molecular flexibility index (Phi) is 6.45. The summed E-state index contributed by atoms with van der Waals surface area (Å²) in [4.78, 5) is 17.7. The summed E-state index contributed by atoms with van der Waals surface area (Å²) in [6.45, 7) is 0.789. The number of nitrogens with two attached hydrogens (primary N) is 1. The van der Waals surface area contributed by atoms with E-state index in [2.05, 4.69) is 10.1 Å². The van der Waals surface area contributed by atoms with E-state index in [4.69, 9.17) is 16.0 Å². The maximum Gasteiger partial charge on any atom is 0.272 e. The predicted molar refractivity (Wildman–Crippen MR) is 74.6 cm³/mol. The highest BCUT2D eigenvalue weighted by molar-refractivity contribution is 5.98. The Morgan fingerprint density at radius 1 is 1.40 bits per heavy atom. The van der Waals surface area contributed by atoms with E-state index < -0.39 is 0 Å². The molecule has 0 aliphatic rings. The first kappa shape index (κ1) is 15.9. The second kappa shape index (κ2) is 8.11. The summed E-state index contributed by atoms with van der Waals surface area (Å²) >= 11 is 0. The lowest BCUT2D eigenvalue weighted by Gasteiger charge is -2.16. The first-order valence-corrected chi connectivity index (χ1v) is 6.40. The van der Waals surface area contributed by atoms with Crippen molar-refractivity contribution in [3.63, 3.8) is 0 Å². The molecule has 110 valence electrons. The molecule has 0 aliphatic heterocycles. The largest absolute Gasteiger partial charge is 0.409 e. The van der Waals surface area contributed by atoms with Crippen molar-refractivity contribution in [3.05, 3.63) is 29.6 Å². The third-order valence-electron chi connectivity index (χ3n) is 2.88. The molecule has 1 aromatic rings. The second-order valence-electron chi connectivity index (χ2n) is 4.43. The van der Waals surface area contributed by atoms with Crippen LogP contribution in [0.25, 0.3) is 0 Å². The number of carbonyl (C=O) groups excluding carboxylic acids is 1. The number of aromatic nitrogens is 1. The number of nitrogens with zero attached hydrogens (tertiary/aromatic N) is 3. The van der Waals surface area contributed by atoms with Crippen molar-refractivity contribution in [2.24, 2.45) is 10.9 Å². The molecule has 1 amide bonds. The van der Waals surface area contributed by atoms with Gasteiger partial charge in [-0.1, -0.05) is 5.16 Å². The van der Waals surface area contributed by atoms with Gasteiger partial charge >= 0.3 is 0 Å². The molecule has 0 atom stereocenters. The van der Waals surface area contributed by atoms with Crippen LogP contribution in [-0.2, 0) is 0 Å². The van der Waals surface area contributed by atoms with Crippen LogP contribution in [0.1, 0.15) is 35.3 Å². The molecule has 7 heteroatoms. The monoisotopic (exact) mass is 280 g/mol. The van der Waals surface area contributed by atoms with Gasteiger partial charge in [-0.2, -0.15) is 0 Å².